The molecule has 0 aromatic heterocycles. The SMILES string of the molecule is CS(=O)Cc1cccc(C(=O)NCC2(c3ccccc3)CC2)c1. The van der Waals surface area contributed by atoms with Crippen LogP contribution in [-0.4, -0.2) is 22.9 Å². The minimum Gasteiger partial charge on any atom is -0.351 e. The number of carbonyl (C=O) groups is 1. The maximum absolute atomic E-state index is 12.4. The van der Waals surface area contributed by atoms with Gasteiger partial charge in [0.25, 0.3) is 5.91 Å². The Morgan fingerprint density at radius 2 is 1.87 bits per heavy atom. The first-order valence-electron chi connectivity index (χ1n) is 7.82. The van der Waals surface area contributed by atoms with Crippen molar-refractivity contribution in [3.63, 3.8) is 0 Å². The van der Waals surface area contributed by atoms with Crippen molar-refractivity contribution in [3.05, 3.63) is 71.3 Å². The van der Waals surface area contributed by atoms with E-state index in [0.29, 0.717) is 17.9 Å². The Balaban J connectivity index is 1.65. The molecule has 3 nitrogen and oxygen atoms in total. The van der Waals surface area contributed by atoms with Gasteiger partial charge in [-0.05, 0) is 36.1 Å². The molecule has 23 heavy (non-hydrogen) atoms. The van der Waals surface area contributed by atoms with Gasteiger partial charge in [0.2, 0.25) is 0 Å². The lowest BCUT2D eigenvalue weighted by molar-refractivity contribution is 0.0949. The Kier molecular flexibility index (Phi) is 4.62. The highest BCUT2D eigenvalue weighted by molar-refractivity contribution is 7.83. The highest BCUT2D eigenvalue weighted by Gasteiger charge is 2.44. The molecule has 2 aromatic carbocycles. The van der Waals surface area contributed by atoms with Crippen LogP contribution in [0.3, 0.4) is 0 Å². The second-order valence-electron chi connectivity index (χ2n) is 6.25. The van der Waals surface area contributed by atoms with Gasteiger partial charge in [0.1, 0.15) is 0 Å². The van der Waals surface area contributed by atoms with Crippen molar-refractivity contribution >= 4 is 16.7 Å². The van der Waals surface area contributed by atoms with Crippen LogP contribution < -0.4 is 5.32 Å². The summed E-state index contributed by atoms with van der Waals surface area (Å²) in [4.78, 5) is 12.4. The zero-order valence-electron chi connectivity index (χ0n) is 13.2. The lowest BCUT2D eigenvalue weighted by atomic mass is 9.96. The van der Waals surface area contributed by atoms with Gasteiger partial charge in [-0.2, -0.15) is 0 Å². The Hall–Kier alpha value is -1.94. The summed E-state index contributed by atoms with van der Waals surface area (Å²) in [5.74, 6) is 0.422. The van der Waals surface area contributed by atoms with E-state index < -0.39 is 10.8 Å². The summed E-state index contributed by atoms with van der Waals surface area (Å²) in [7, 11) is -0.902. The van der Waals surface area contributed by atoms with Gasteiger partial charge in [-0.1, -0.05) is 42.5 Å². The minimum absolute atomic E-state index is 0.0593. The third-order valence-corrected chi connectivity index (χ3v) is 5.13. The monoisotopic (exact) mass is 327 g/mol. The minimum atomic E-state index is -0.902. The normalized spacial score (nSPS) is 16.6. The molecule has 1 fully saturated rings. The highest BCUT2D eigenvalue weighted by atomic mass is 32.2. The highest BCUT2D eigenvalue weighted by Crippen LogP contribution is 2.47. The third kappa shape index (κ3) is 3.88. The zero-order chi connectivity index (χ0) is 16.3. The summed E-state index contributed by atoms with van der Waals surface area (Å²) < 4.78 is 11.3. The molecule has 0 spiro atoms. The van der Waals surface area contributed by atoms with Crippen LogP contribution in [0.4, 0.5) is 0 Å². The molecule has 1 aliphatic carbocycles. The summed E-state index contributed by atoms with van der Waals surface area (Å²) in [5.41, 5.74) is 2.98. The van der Waals surface area contributed by atoms with E-state index in [-0.39, 0.29) is 11.3 Å². The second kappa shape index (κ2) is 6.67. The molecule has 1 N–H and O–H groups in total. The van der Waals surface area contributed by atoms with Gasteiger partial charge >= 0.3 is 0 Å². The molecule has 1 unspecified atom stereocenters. The molecule has 4 heteroatoms. The average Bonchev–Trinajstić information content (AvgIpc) is 3.34. The zero-order valence-corrected chi connectivity index (χ0v) is 14.1. The number of carbonyl (C=O) groups excluding carboxylic acids is 1. The summed E-state index contributed by atoms with van der Waals surface area (Å²) >= 11 is 0. The van der Waals surface area contributed by atoms with Crippen LogP contribution in [0.15, 0.2) is 54.6 Å². The van der Waals surface area contributed by atoms with E-state index in [4.69, 9.17) is 0 Å². The Morgan fingerprint density at radius 1 is 1.13 bits per heavy atom. The van der Waals surface area contributed by atoms with Gasteiger partial charge in [-0.25, -0.2) is 0 Å². The summed E-state index contributed by atoms with van der Waals surface area (Å²) in [6.07, 6.45) is 3.90. The number of benzene rings is 2. The molecule has 120 valence electrons. The molecule has 0 radical (unpaired) electrons. The molecular weight excluding hydrogens is 306 g/mol. The van der Waals surface area contributed by atoms with E-state index in [0.717, 1.165) is 18.4 Å². The maximum atomic E-state index is 12.4. The van der Waals surface area contributed by atoms with Crippen molar-refractivity contribution in [2.45, 2.75) is 24.0 Å². The van der Waals surface area contributed by atoms with E-state index >= 15 is 0 Å². The van der Waals surface area contributed by atoms with Gasteiger partial charge in [-0.15, -0.1) is 0 Å². The first-order valence-corrected chi connectivity index (χ1v) is 9.54. The van der Waals surface area contributed by atoms with E-state index in [1.165, 1.54) is 5.56 Å². The van der Waals surface area contributed by atoms with Crippen molar-refractivity contribution in [3.8, 4) is 0 Å². The van der Waals surface area contributed by atoms with Crippen LogP contribution in [0.1, 0.15) is 34.3 Å². The van der Waals surface area contributed by atoms with E-state index in [1.807, 2.05) is 36.4 Å². The van der Waals surface area contributed by atoms with Crippen molar-refractivity contribution in [1.82, 2.24) is 5.32 Å². The van der Waals surface area contributed by atoms with Crippen LogP contribution in [0.25, 0.3) is 0 Å². The number of rotatable bonds is 6. The van der Waals surface area contributed by atoms with Gasteiger partial charge < -0.3 is 5.32 Å². The number of amides is 1. The predicted octanol–water partition coefficient (Wildman–Crippen LogP) is 3.03. The van der Waals surface area contributed by atoms with Crippen LogP contribution in [-0.2, 0) is 22.0 Å². The standard InChI is InChI=1S/C19H21NO2S/c1-23(22)13-15-6-5-7-16(12-15)18(21)20-14-19(10-11-19)17-8-3-2-4-9-17/h2-9,12H,10-11,13-14H2,1H3,(H,20,21). The topological polar surface area (TPSA) is 46.2 Å². The molecular formula is C19H21NO2S. The molecule has 0 aliphatic heterocycles. The van der Waals surface area contributed by atoms with Gasteiger partial charge in [0.05, 0.1) is 0 Å². The van der Waals surface area contributed by atoms with Gasteiger partial charge in [0.15, 0.2) is 0 Å². The summed E-state index contributed by atoms with van der Waals surface area (Å²) in [6, 6.07) is 17.8. The lowest BCUT2D eigenvalue weighted by Crippen LogP contribution is -2.32. The number of hydrogen-bond acceptors (Lipinski definition) is 2. The fraction of sp³-hybridized carbons (Fsp3) is 0.316. The van der Waals surface area contributed by atoms with Crippen molar-refractivity contribution in [2.24, 2.45) is 0 Å². The van der Waals surface area contributed by atoms with Crippen molar-refractivity contribution < 1.29 is 9.00 Å². The molecule has 1 saturated carbocycles. The molecule has 0 saturated heterocycles. The molecule has 1 atom stereocenters. The van der Waals surface area contributed by atoms with E-state index in [2.05, 4.69) is 17.4 Å². The van der Waals surface area contributed by atoms with Crippen LogP contribution in [0.5, 0.6) is 0 Å². The van der Waals surface area contributed by atoms with Crippen LogP contribution in [0.2, 0.25) is 0 Å². The van der Waals surface area contributed by atoms with Crippen molar-refractivity contribution in [2.75, 3.05) is 12.8 Å². The number of nitrogens with one attached hydrogen (secondary N) is 1. The van der Waals surface area contributed by atoms with Gasteiger partial charge in [-0.3, -0.25) is 9.00 Å². The Bertz CT molecular complexity index is 723. The quantitative estimate of drug-likeness (QED) is 0.886. The first-order chi connectivity index (χ1) is 11.1. The predicted molar refractivity (Wildman–Crippen MR) is 93.9 cm³/mol. The smallest absolute Gasteiger partial charge is 0.251 e. The average molecular weight is 327 g/mol. The largest absolute Gasteiger partial charge is 0.351 e. The fourth-order valence-electron chi connectivity index (χ4n) is 2.90. The van der Waals surface area contributed by atoms with E-state index in [9.17, 15) is 9.00 Å². The molecule has 3 rings (SSSR count). The van der Waals surface area contributed by atoms with Crippen molar-refractivity contribution in [1.29, 1.82) is 0 Å². The van der Waals surface area contributed by atoms with Crippen LogP contribution in [0, 0.1) is 0 Å². The summed E-state index contributed by atoms with van der Waals surface area (Å²) in [5, 5.41) is 3.07. The van der Waals surface area contributed by atoms with Crippen LogP contribution >= 0.6 is 0 Å². The Labute approximate surface area is 139 Å². The maximum Gasteiger partial charge on any atom is 0.251 e. The number of hydrogen-bond donors (Lipinski definition) is 1. The third-order valence-electron chi connectivity index (χ3n) is 4.39. The lowest BCUT2D eigenvalue weighted by Gasteiger charge is -2.16. The Morgan fingerprint density at radius 3 is 2.52 bits per heavy atom. The first kappa shape index (κ1) is 15.9. The molecule has 0 bridgehead atoms. The summed E-state index contributed by atoms with van der Waals surface area (Å²) in [6.45, 7) is 0.666. The fourth-order valence-corrected chi connectivity index (χ4v) is 3.55. The second-order valence-corrected chi connectivity index (χ2v) is 7.68. The molecule has 0 heterocycles. The molecule has 2 aromatic rings. The van der Waals surface area contributed by atoms with Gasteiger partial charge in [0, 0.05) is 40.3 Å². The molecule has 1 aliphatic rings. The van der Waals surface area contributed by atoms with E-state index in [1.54, 1.807) is 12.3 Å². The molecule has 1 amide bonds.